The van der Waals surface area contributed by atoms with Crippen molar-refractivity contribution < 1.29 is 18.6 Å². The molecule has 0 aliphatic carbocycles. The van der Waals surface area contributed by atoms with Crippen molar-refractivity contribution in [3.05, 3.63) is 35.4 Å². The summed E-state index contributed by atoms with van der Waals surface area (Å²) >= 11 is 0. The van der Waals surface area contributed by atoms with Crippen molar-refractivity contribution in [1.29, 1.82) is 0 Å². The van der Waals surface area contributed by atoms with Crippen LogP contribution in [0.25, 0.3) is 0 Å². The minimum absolute atomic E-state index is 0.00880. The third-order valence-corrected chi connectivity index (χ3v) is 2.99. The van der Waals surface area contributed by atoms with Gasteiger partial charge in [0, 0.05) is 25.2 Å². The van der Waals surface area contributed by atoms with E-state index in [1.54, 1.807) is 0 Å². The Kier molecular flexibility index (Phi) is 3.21. The first-order valence-electron chi connectivity index (χ1n) is 5.34. The average molecular weight is 228 g/mol. The molecule has 1 aromatic rings. The Morgan fingerprint density at radius 1 is 1.19 bits per heavy atom. The van der Waals surface area contributed by atoms with E-state index in [0.29, 0.717) is 26.1 Å². The van der Waals surface area contributed by atoms with Crippen LogP contribution in [0.2, 0.25) is 0 Å². The summed E-state index contributed by atoms with van der Waals surface area (Å²) < 4.78 is 31.9. The van der Waals surface area contributed by atoms with E-state index in [1.807, 2.05) is 0 Å². The van der Waals surface area contributed by atoms with Crippen molar-refractivity contribution in [2.24, 2.45) is 0 Å². The SMILES string of the molecule is OC1(Cc2c(F)cccc2F)CCOCC1. The van der Waals surface area contributed by atoms with Crippen LogP contribution < -0.4 is 0 Å². The standard InChI is InChI=1S/C12H14F2O2/c13-10-2-1-3-11(14)9(10)8-12(15)4-6-16-7-5-12/h1-3,15H,4-8H2. The van der Waals surface area contributed by atoms with Gasteiger partial charge >= 0.3 is 0 Å². The molecule has 0 spiro atoms. The van der Waals surface area contributed by atoms with E-state index in [0.717, 1.165) is 0 Å². The zero-order chi connectivity index (χ0) is 11.6. The van der Waals surface area contributed by atoms with Gasteiger partial charge in [-0.15, -0.1) is 0 Å². The van der Waals surface area contributed by atoms with Crippen LogP contribution in [0.1, 0.15) is 18.4 Å². The molecule has 1 aliphatic heterocycles. The first kappa shape index (κ1) is 11.5. The number of benzene rings is 1. The van der Waals surface area contributed by atoms with E-state index in [9.17, 15) is 13.9 Å². The molecule has 0 radical (unpaired) electrons. The van der Waals surface area contributed by atoms with Crippen LogP contribution in [-0.2, 0) is 11.2 Å². The zero-order valence-corrected chi connectivity index (χ0v) is 8.88. The van der Waals surface area contributed by atoms with Crippen molar-refractivity contribution in [1.82, 2.24) is 0 Å². The number of ether oxygens (including phenoxy) is 1. The average Bonchev–Trinajstić information content (AvgIpc) is 2.25. The van der Waals surface area contributed by atoms with E-state index in [1.165, 1.54) is 18.2 Å². The lowest BCUT2D eigenvalue weighted by atomic mass is 9.87. The quantitative estimate of drug-likeness (QED) is 0.839. The molecule has 1 saturated heterocycles. The molecule has 2 nitrogen and oxygen atoms in total. The fraction of sp³-hybridized carbons (Fsp3) is 0.500. The maximum atomic E-state index is 13.4. The van der Waals surface area contributed by atoms with Gasteiger partial charge in [0.1, 0.15) is 11.6 Å². The zero-order valence-electron chi connectivity index (χ0n) is 8.88. The molecule has 1 fully saturated rings. The predicted octanol–water partition coefficient (Wildman–Crippen LogP) is 2.05. The smallest absolute Gasteiger partial charge is 0.129 e. The molecule has 0 atom stereocenters. The van der Waals surface area contributed by atoms with Crippen molar-refractivity contribution in [2.45, 2.75) is 24.9 Å². The second-order valence-electron chi connectivity index (χ2n) is 4.21. The lowest BCUT2D eigenvalue weighted by molar-refractivity contribution is -0.0634. The van der Waals surface area contributed by atoms with Crippen LogP contribution in [0.4, 0.5) is 8.78 Å². The molecule has 1 aromatic carbocycles. The van der Waals surface area contributed by atoms with Gasteiger partial charge in [-0.25, -0.2) is 8.78 Å². The summed E-state index contributed by atoms with van der Waals surface area (Å²) in [5.74, 6) is -1.19. The molecule has 88 valence electrons. The molecule has 0 bridgehead atoms. The van der Waals surface area contributed by atoms with Gasteiger partial charge in [-0.1, -0.05) is 6.07 Å². The van der Waals surface area contributed by atoms with Crippen LogP contribution >= 0.6 is 0 Å². The number of aliphatic hydroxyl groups is 1. The maximum absolute atomic E-state index is 13.4. The highest BCUT2D eigenvalue weighted by atomic mass is 19.1. The summed E-state index contributed by atoms with van der Waals surface area (Å²) in [7, 11) is 0. The van der Waals surface area contributed by atoms with E-state index in [4.69, 9.17) is 4.74 Å². The summed E-state index contributed by atoms with van der Waals surface area (Å²) in [6.07, 6.45) is 0.844. The van der Waals surface area contributed by atoms with Crippen LogP contribution in [0, 0.1) is 11.6 Å². The summed E-state index contributed by atoms with van der Waals surface area (Å²) in [6.45, 7) is 0.874. The topological polar surface area (TPSA) is 29.5 Å². The van der Waals surface area contributed by atoms with Gasteiger partial charge in [0.05, 0.1) is 5.60 Å². The second-order valence-corrected chi connectivity index (χ2v) is 4.21. The summed E-state index contributed by atoms with van der Waals surface area (Å²) in [5, 5.41) is 10.2. The predicted molar refractivity (Wildman–Crippen MR) is 55.1 cm³/mol. The molecule has 4 heteroatoms. The van der Waals surface area contributed by atoms with Gasteiger partial charge in [0.25, 0.3) is 0 Å². The first-order valence-corrected chi connectivity index (χ1v) is 5.34. The van der Waals surface area contributed by atoms with E-state index >= 15 is 0 Å². The number of halogens is 2. The van der Waals surface area contributed by atoms with Crippen molar-refractivity contribution >= 4 is 0 Å². The summed E-state index contributed by atoms with van der Waals surface area (Å²) in [4.78, 5) is 0. The van der Waals surface area contributed by atoms with Gasteiger partial charge in [-0.05, 0) is 25.0 Å². The molecule has 16 heavy (non-hydrogen) atoms. The molecule has 2 rings (SSSR count). The summed E-state index contributed by atoms with van der Waals surface area (Å²) in [6, 6.07) is 3.74. The molecular weight excluding hydrogens is 214 g/mol. The van der Waals surface area contributed by atoms with Crippen LogP contribution in [0.15, 0.2) is 18.2 Å². The fourth-order valence-electron chi connectivity index (χ4n) is 1.96. The Balaban J connectivity index is 2.19. The fourth-order valence-corrected chi connectivity index (χ4v) is 1.96. The Bertz CT molecular complexity index is 353. The second kappa shape index (κ2) is 4.47. The van der Waals surface area contributed by atoms with Crippen molar-refractivity contribution in [3.63, 3.8) is 0 Å². The van der Waals surface area contributed by atoms with E-state index in [-0.39, 0.29) is 12.0 Å². The largest absolute Gasteiger partial charge is 0.389 e. The normalized spacial score (nSPS) is 19.7. The lowest BCUT2D eigenvalue weighted by Crippen LogP contribution is -2.38. The van der Waals surface area contributed by atoms with Gasteiger partial charge in [0.15, 0.2) is 0 Å². The van der Waals surface area contributed by atoms with Gasteiger partial charge in [0.2, 0.25) is 0 Å². The van der Waals surface area contributed by atoms with Crippen molar-refractivity contribution in [3.8, 4) is 0 Å². The lowest BCUT2D eigenvalue weighted by Gasteiger charge is -2.32. The Hall–Kier alpha value is -1.00. The van der Waals surface area contributed by atoms with Crippen molar-refractivity contribution in [2.75, 3.05) is 13.2 Å². The molecule has 1 N–H and O–H groups in total. The van der Waals surface area contributed by atoms with Gasteiger partial charge in [-0.2, -0.15) is 0 Å². The van der Waals surface area contributed by atoms with Crippen LogP contribution in [0.5, 0.6) is 0 Å². The highest BCUT2D eigenvalue weighted by Crippen LogP contribution is 2.27. The summed E-state index contributed by atoms with van der Waals surface area (Å²) in [5.41, 5.74) is -1.08. The third-order valence-electron chi connectivity index (χ3n) is 2.99. The number of hydrogen-bond acceptors (Lipinski definition) is 2. The minimum atomic E-state index is -1.04. The molecule has 1 aliphatic rings. The molecule has 0 aromatic heterocycles. The van der Waals surface area contributed by atoms with Gasteiger partial charge < -0.3 is 9.84 Å². The van der Waals surface area contributed by atoms with Crippen LogP contribution in [-0.4, -0.2) is 23.9 Å². The highest BCUT2D eigenvalue weighted by molar-refractivity contribution is 5.21. The Morgan fingerprint density at radius 2 is 1.75 bits per heavy atom. The number of rotatable bonds is 2. The van der Waals surface area contributed by atoms with E-state index in [2.05, 4.69) is 0 Å². The molecule has 0 unspecified atom stereocenters. The first-order chi connectivity index (χ1) is 7.61. The maximum Gasteiger partial charge on any atom is 0.129 e. The molecule has 0 saturated carbocycles. The highest BCUT2D eigenvalue weighted by Gasteiger charge is 2.31. The Morgan fingerprint density at radius 3 is 2.31 bits per heavy atom. The third kappa shape index (κ3) is 2.39. The van der Waals surface area contributed by atoms with Gasteiger partial charge in [-0.3, -0.25) is 0 Å². The molecule has 1 heterocycles. The molecule has 0 amide bonds. The number of hydrogen-bond donors (Lipinski definition) is 1. The Labute approximate surface area is 92.9 Å². The minimum Gasteiger partial charge on any atom is -0.389 e. The molecular formula is C12H14F2O2. The van der Waals surface area contributed by atoms with Crippen LogP contribution in [0.3, 0.4) is 0 Å². The van der Waals surface area contributed by atoms with E-state index < -0.39 is 17.2 Å². The monoisotopic (exact) mass is 228 g/mol.